The molecule has 0 aliphatic carbocycles. The molecule has 2 rings (SSSR count). The number of carboxylic acids is 1. The number of aromatic nitrogens is 1. The Labute approximate surface area is 123 Å². The van der Waals surface area contributed by atoms with E-state index in [1.54, 1.807) is 6.92 Å². The summed E-state index contributed by atoms with van der Waals surface area (Å²) < 4.78 is 0. The number of nitrogens with one attached hydrogen (secondary N) is 1. The number of hydrogen-bond acceptors (Lipinski definition) is 6. The lowest BCUT2D eigenvalue weighted by atomic mass is 10.2. The van der Waals surface area contributed by atoms with Gasteiger partial charge in [0.15, 0.2) is 0 Å². The van der Waals surface area contributed by atoms with Crippen LogP contribution in [0, 0.1) is 6.92 Å². The predicted octanol–water partition coefficient (Wildman–Crippen LogP) is 1.49. The van der Waals surface area contributed by atoms with Crippen molar-refractivity contribution in [3.05, 3.63) is 39.3 Å². The van der Waals surface area contributed by atoms with Crippen molar-refractivity contribution in [1.29, 1.82) is 0 Å². The number of aromatic hydroxyl groups is 2. The molecule has 1 aromatic carbocycles. The summed E-state index contributed by atoms with van der Waals surface area (Å²) >= 11 is 0.987. The second kappa shape index (κ2) is 5.80. The van der Waals surface area contributed by atoms with E-state index < -0.39 is 11.9 Å². The number of amides is 1. The largest absolute Gasteiger partial charge is 0.508 e. The Balaban J connectivity index is 2.07. The summed E-state index contributed by atoms with van der Waals surface area (Å²) in [5, 5.41) is 30.6. The molecule has 0 aliphatic heterocycles. The summed E-state index contributed by atoms with van der Waals surface area (Å²) in [7, 11) is 0. The van der Waals surface area contributed by atoms with Crippen LogP contribution in [0.1, 0.15) is 30.7 Å². The number of aryl methyl sites for hydroxylation is 1. The number of aromatic carboxylic acids is 1. The lowest BCUT2D eigenvalue weighted by Crippen LogP contribution is -2.22. The van der Waals surface area contributed by atoms with Gasteiger partial charge in [-0.15, -0.1) is 11.3 Å². The Hall–Kier alpha value is -2.61. The Morgan fingerprint density at radius 3 is 2.38 bits per heavy atom. The Morgan fingerprint density at radius 1 is 1.24 bits per heavy atom. The second-order valence-corrected chi connectivity index (χ2v) is 5.33. The molecular formula is C13H12N2O5S. The molecule has 0 saturated heterocycles. The van der Waals surface area contributed by atoms with Crippen LogP contribution in [0.25, 0.3) is 0 Å². The molecule has 1 aromatic heterocycles. The van der Waals surface area contributed by atoms with Gasteiger partial charge >= 0.3 is 5.97 Å². The quantitative estimate of drug-likeness (QED) is 0.679. The molecule has 0 saturated carbocycles. The molecule has 8 heteroatoms. The zero-order chi connectivity index (χ0) is 15.6. The van der Waals surface area contributed by atoms with Crippen LogP contribution in [0.5, 0.6) is 11.5 Å². The molecule has 4 N–H and O–H groups in total. The smallest absolute Gasteiger partial charge is 0.347 e. The van der Waals surface area contributed by atoms with Gasteiger partial charge in [-0.3, -0.25) is 4.79 Å². The maximum Gasteiger partial charge on any atom is 0.347 e. The number of phenolic OH excluding ortho intramolecular Hbond substituents is 2. The van der Waals surface area contributed by atoms with E-state index in [1.165, 1.54) is 12.1 Å². The van der Waals surface area contributed by atoms with Gasteiger partial charge < -0.3 is 20.6 Å². The molecule has 0 radical (unpaired) electrons. The van der Waals surface area contributed by atoms with Crippen LogP contribution < -0.4 is 5.32 Å². The minimum atomic E-state index is -1.06. The van der Waals surface area contributed by atoms with Crippen LogP contribution in [0.15, 0.2) is 18.2 Å². The van der Waals surface area contributed by atoms with Gasteiger partial charge in [0, 0.05) is 11.6 Å². The summed E-state index contributed by atoms with van der Waals surface area (Å²) in [6.45, 7) is 1.65. The van der Waals surface area contributed by atoms with Crippen molar-refractivity contribution in [1.82, 2.24) is 10.3 Å². The van der Waals surface area contributed by atoms with Crippen molar-refractivity contribution in [2.45, 2.75) is 13.5 Å². The highest BCUT2D eigenvalue weighted by Gasteiger charge is 2.15. The summed E-state index contributed by atoms with van der Waals surface area (Å²) in [6, 6.07) is 3.54. The number of carbonyl (C=O) groups is 2. The van der Waals surface area contributed by atoms with Crippen molar-refractivity contribution >= 4 is 23.2 Å². The maximum absolute atomic E-state index is 11.9. The van der Waals surface area contributed by atoms with E-state index in [2.05, 4.69) is 10.3 Å². The van der Waals surface area contributed by atoms with E-state index in [0.717, 1.165) is 17.4 Å². The normalized spacial score (nSPS) is 10.3. The number of benzene rings is 1. The van der Waals surface area contributed by atoms with Crippen molar-refractivity contribution in [2.24, 2.45) is 0 Å². The van der Waals surface area contributed by atoms with Crippen LogP contribution in [0.2, 0.25) is 0 Å². The Kier molecular flexibility index (Phi) is 4.08. The predicted molar refractivity (Wildman–Crippen MR) is 74.8 cm³/mol. The van der Waals surface area contributed by atoms with Gasteiger partial charge in [-0.2, -0.15) is 0 Å². The van der Waals surface area contributed by atoms with E-state index >= 15 is 0 Å². The first-order chi connectivity index (χ1) is 9.86. The van der Waals surface area contributed by atoms with Gasteiger partial charge in [0.05, 0.1) is 12.2 Å². The first-order valence-corrected chi connectivity index (χ1v) is 6.69. The third-order valence-electron chi connectivity index (χ3n) is 2.60. The van der Waals surface area contributed by atoms with Crippen LogP contribution in [-0.4, -0.2) is 32.2 Å². The summed E-state index contributed by atoms with van der Waals surface area (Å²) in [6.07, 6.45) is 0. The average molecular weight is 308 g/mol. The summed E-state index contributed by atoms with van der Waals surface area (Å²) in [4.78, 5) is 27.0. The zero-order valence-corrected chi connectivity index (χ0v) is 11.8. The SMILES string of the molecule is Cc1nc(CNC(=O)c2cc(O)cc(O)c2)sc1C(=O)O. The van der Waals surface area contributed by atoms with Crippen LogP contribution in [0.3, 0.4) is 0 Å². The average Bonchev–Trinajstić information content (AvgIpc) is 2.76. The molecule has 0 atom stereocenters. The lowest BCUT2D eigenvalue weighted by molar-refractivity contribution is 0.0701. The standard InChI is InChI=1S/C13H12N2O5S/c1-6-11(13(19)20)21-10(15-6)5-14-12(18)7-2-8(16)4-9(17)3-7/h2-4,16-17H,5H2,1H3,(H,14,18)(H,19,20). The van der Waals surface area contributed by atoms with Crippen LogP contribution in [-0.2, 0) is 6.54 Å². The van der Waals surface area contributed by atoms with Crippen molar-refractivity contribution < 1.29 is 24.9 Å². The van der Waals surface area contributed by atoms with E-state index in [-0.39, 0.29) is 28.5 Å². The number of nitrogens with zero attached hydrogens (tertiary/aromatic N) is 1. The Morgan fingerprint density at radius 2 is 1.86 bits per heavy atom. The fourth-order valence-corrected chi connectivity index (χ4v) is 2.55. The monoisotopic (exact) mass is 308 g/mol. The van der Waals surface area contributed by atoms with Gasteiger partial charge in [-0.1, -0.05) is 0 Å². The number of phenols is 2. The molecule has 110 valence electrons. The minimum absolute atomic E-state index is 0.0635. The molecule has 21 heavy (non-hydrogen) atoms. The maximum atomic E-state index is 11.9. The molecule has 0 unspecified atom stereocenters. The second-order valence-electron chi connectivity index (χ2n) is 4.25. The topological polar surface area (TPSA) is 120 Å². The lowest BCUT2D eigenvalue weighted by Gasteiger charge is -2.04. The first-order valence-electron chi connectivity index (χ1n) is 5.87. The molecule has 0 fully saturated rings. The van der Waals surface area contributed by atoms with Gasteiger partial charge in [-0.05, 0) is 19.1 Å². The fraction of sp³-hybridized carbons (Fsp3) is 0.154. The first kappa shape index (κ1) is 14.8. The molecule has 0 aliphatic rings. The number of carboxylic acid groups (broad SMARTS) is 1. The fourth-order valence-electron chi connectivity index (χ4n) is 1.71. The molecule has 1 amide bonds. The Bertz CT molecular complexity index is 690. The summed E-state index contributed by atoms with van der Waals surface area (Å²) in [5.41, 5.74) is 0.492. The molecule has 0 spiro atoms. The van der Waals surface area contributed by atoms with E-state index in [4.69, 9.17) is 5.11 Å². The third kappa shape index (κ3) is 3.48. The summed E-state index contributed by atoms with van der Waals surface area (Å²) in [5.74, 6) is -2.01. The number of carbonyl (C=O) groups excluding carboxylic acids is 1. The minimum Gasteiger partial charge on any atom is -0.508 e. The van der Waals surface area contributed by atoms with Crippen molar-refractivity contribution in [2.75, 3.05) is 0 Å². The zero-order valence-electron chi connectivity index (χ0n) is 11.0. The molecule has 2 aromatic rings. The number of thiazole rings is 1. The highest BCUT2D eigenvalue weighted by Crippen LogP contribution is 2.21. The van der Waals surface area contributed by atoms with E-state index in [1.807, 2.05) is 0 Å². The van der Waals surface area contributed by atoms with Crippen molar-refractivity contribution in [3.63, 3.8) is 0 Å². The number of rotatable bonds is 4. The van der Waals surface area contributed by atoms with Crippen LogP contribution >= 0.6 is 11.3 Å². The number of hydrogen-bond donors (Lipinski definition) is 4. The molecule has 7 nitrogen and oxygen atoms in total. The van der Waals surface area contributed by atoms with Crippen molar-refractivity contribution in [3.8, 4) is 11.5 Å². The van der Waals surface area contributed by atoms with E-state index in [0.29, 0.717) is 10.7 Å². The highest BCUT2D eigenvalue weighted by molar-refractivity contribution is 7.13. The third-order valence-corrected chi connectivity index (χ3v) is 3.75. The highest BCUT2D eigenvalue weighted by atomic mass is 32.1. The molecular weight excluding hydrogens is 296 g/mol. The van der Waals surface area contributed by atoms with E-state index in [9.17, 15) is 19.8 Å². The van der Waals surface area contributed by atoms with Gasteiger partial charge in [-0.25, -0.2) is 9.78 Å². The molecule has 0 bridgehead atoms. The van der Waals surface area contributed by atoms with Gasteiger partial charge in [0.2, 0.25) is 0 Å². The molecule has 1 heterocycles. The van der Waals surface area contributed by atoms with Gasteiger partial charge in [0.1, 0.15) is 21.4 Å². The van der Waals surface area contributed by atoms with Crippen LogP contribution in [0.4, 0.5) is 0 Å². The van der Waals surface area contributed by atoms with Gasteiger partial charge in [0.25, 0.3) is 5.91 Å².